The summed E-state index contributed by atoms with van der Waals surface area (Å²) in [7, 11) is 0. The Morgan fingerprint density at radius 2 is 1.43 bits per heavy atom. The summed E-state index contributed by atoms with van der Waals surface area (Å²) in [6, 6.07) is 9.62. The number of anilines is 1. The minimum atomic E-state index is 0.634. The first-order chi connectivity index (χ1) is 11.2. The lowest BCUT2D eigenvalue weighted by Crippen LogP contribution is -2.20. The third kappa shape index (κ3) is 5.01. The molecule has 0 aliphatic heterocycles. The summed E-state index contributed by atoms with van der Waals surface area (Å²) >= 11 is 0. The van der Waals surface area contributed by atoms with Gasteiger partial charge in [0.2, 0.25) is 0 Å². The maximum absolute atomic E-state index is 8.99. The molecule has 0 aliphatic carbocycles. The molecule has 2 heteroatoms. The van der Waals surface area contributed by atoms with E-state index < -0.39 is 0 Å². The minimum Gasteiger partial charge on any atom is -0.311 e. The first-order valence-corrected chi connectivity index (χ1v) is 7.43. The Bertz CT molecular complexity index is 658. The van der Waals surface area contributed by atoms with Crippen LogP contribution in [-0.2, 0) is 0 Å². The molecule has 1 aromatic carbocycles. The maximum atomic E-state index is 8.99. The monoisotopic (exact) mass is 302 g/mol. The fourth-order valence-corrected chi connectivity index (χ4v) is 2.12. The molecule has 1 aromatic rings. The smallest absolute Gasteiger partial charge is 0.0991 e. The Labute approximate surface area is 139 Å². The van der Waals surface area contributed by atoms with Crippen LogP contribution >= 0.6 is 0 Å². The fraction of sp³-hybridized carbons (Fsp3) is 0.0952. The largest absolute Gasteiger partial charge is 0.311 e. The average molecular weight is 302 g/mol. The molecular weight excluding hydrogens is 280 g/mol. The normalized spacial score (nSPS) is 12.4. The van der Waals surface area contributed by atoms with Gasteiger partial charge in [-0.2, -0.15) is 5.26 Å². The zero-order valence-corrected chi connectivity index (χ0v) is 13.7. The molecule has 1 rings (SSSR count). The Kier molecular flexibility index (Phi) is 7.68. The summed E-state index contributed by atoms with van der Waals surface area (Å²) in [5.41, 5.74) is 3.53. The number of rotatable bonds is 7. The fourth-order valence-electron chi connectivity index (χ4n) is 2.12. The van der Waals surface area contributed by atoms with Crippen molar-refractivity contribution in [3.8, 4) is 6.07 Å². The SMILES string of the molecule is C=C/C=C(\C=C/C)N(C(/C=C\C)=C/C=C)c1ccc(C#N)cc1. The highest BCUT2D eigenvalue weighted by atomic mass is 15.1. The highest BCUT2D eigenvalue weighted by Gasteiger charge is 2.13. The Hall–Kier alpha value is -3.05. The van der Waals surface area contributed by atoms with Crippen LogP contribution in [0.25, 0.3) is 0 Å². The molecule has 0 saturated heterocycles. The Balaban J connectivity index is 3.54. The zero-order chi connectivity index (χ0) is 17.1. The summed E-state index contributed by atoms with van der Waals surface area (Å²) in [6.45, 7) is 11.5. The highest BCUT2D eigenvalue weighted by Crippen LogP contribution is 2.26. The predicted octanol–water partition coefficient (Wildman–Crippen LogP) is 5.66. The summed E-state index contributed by atoms with van der Waals surface area (Å²) in [5.74, 6) is 0. The molecule has 0 fully saturated rings. The highest BCUT2D eigenvalue weighted by molar-refractivity contribution is 5.64. The lowest BCUT2D eigenvalue weighted by atomic mass is 10.1. The number of hydrogen-bond acceptors (Lipinski definition) is 2. The predicted molar refractivity (Wildman–Crippen MR) is 99.8 cm³/mol. The van der Waals surface area contributed by atoms with Crippen LogP contribution in [0.1, 0.15) is 19.4 Å². The van der Waals surface area contributed by atoms with E-state index in [1.807, 2.05) is 74.6 Å². The minimum absolute atomic E-state index is 0.634. The van der Waals surface area contributed by atoms with Crippen molar-refractivity contribution >= 4 is 5.69 Å². The third-order valence-corrected chi connectivity index (χ3v) is 3.02. The van der Waals surface area contributed by atoms with Crippen molar-refractivity contribution < 1.29 is 0 Å². The average Bonchev–Trinajstić information content (AvgIpc) is 2.56. The van der Waals surface area contributed by atoms with E-state index >= 15 is 0 Å². The molecule has 0 atom stereocenters. The van der Waals surface area contributed by atoms with Crippen LogP contribution in [0.2, 0.25) is 0 Å². The molecule has 0 unspecified atom stereocenters. The first kappa shape index (κ1) is 18.0. The van der Waals surface area contributed by atoms with Crippen molar-refractivity contribution in [3.05, 3.63) is 103 Å². The Morgan fingerprint density at radius 1 is 0.957 bits per heavy atom. The van der Waals surface area contributed by atoms with Gasteiger partial charge >= 0.3 is 0 Å². The standard InChI is InChI=1S/C21H22N2/c1-5-9-19(10-6-2)23(20(11-7-3)12-8-4)21-15-13-18(17-22)14-16-21/h5-16H,1,3H2,2,4H3/b10-6-,12-8-,19-9+,20-11+. The summed E-state index contributed by atoms with van der Waals surface area (Å²) in [5, 5.41) is 8.99. The van der Waals surface area contributed by atoms with E-state index in [2.05, 4.69) is 24.1 Å². The van der Waals surface area contributed by atoms with Gasteiger partial charge in [-0.25, -0.2) is 0 Å². The molecule has 0 N–H and O–H groups in total. The molecule has 116 valence electrons. The molecule has 2 nitrogen and oxygen atoms in total. The van der Waals surface area contributed by atoms with Gasteiger partial charge in [0.1, 0.15) is 0 Å². The van der Waals surface area contributed by atoms with Crippen molar-refractivity contribution in [2.24, 2.45) is 0 Å². The van der Waals surface area contributed by atoms with Gasteiger partial charge in [-0.05, 0) is 62.4 Å². The topological polar surface area (TPSA) is 27.0 Å². The molecule has 0 bridgehead atoms. The molecule has 0 amide bonds. The lowest BCUT2D eigenvalue weighted by Gasteiger charge is -2.27. The van der Waals surface area contributed by atoms with Gasteiger partial charge in [0.15, 0.2) is 0 Å². The van der Waals surface area contributed by atoms with Gasteiger partial charge in [0.05, 0.1) is 11.6 Å². The van der Waals surface area contributed by atoms with E-state index in [1.54, 1.807) is 12.2 Å². The van der Waals surface area contributed by atoms with Crippen molar-refractivity contribution in [3.63, 3.8) is 0 Å². The second kappa shape index (κ2) is 9.81. The number of allylic oxidation sites excluding steroid dienone is 8. The van der Waals surface area contributed by atoms with Gasteiger partial charge in [-0.15, -0.1) is 0 Å². The van der Waals surface area contributed by atoms with Crippen LogP contribution in [-0.4, -0.2) is 0 Å². The summed E-state index contributed by atoms with van der Waals surface area (Å²) < 4.78 is 0. The number of nitrogens with zero attached hydrogens (tertiary/aromatic N) is 2. The van der Waals surface area contributed by atoms with Crippen LogP contribution in [0, 0.1) is 11.3 Å². The van der Waals surface area contributed by atoms with Crippen LogP contribution in [0.5, 0.6) is 0 Å². The number of nitriles is 1. The van der Waals surface area contributed by atoms with Crippen molar-refractivity contribution in [2.75, 3.05) is 4.90 Å². The first-order valence-electron chi connectivity index (χ1n) is 7.43. The quantitative estimate of drug-likeness (QED) is 0.608. The van der Waals surface area contributed by atoms with Crippen LogP contribution in [0.15, 0.2) is 97.4 Å². The molecule has 0 heterocycles. The van der Waals surface area contributed by atoms with E-state index in [4.69, 9.17) is 5.26 Å². The van der Waals surface area contributed by atoms with E-state index in [-0.39, 0.29) is 0 Å². The maximum Gasteiger partial charge on any atom is 0.0991 e. The van der Waals surface area contributed by atoms with Crippen LogP contribution in [0.4, 0.5) is 5.69 Å². The molecule has 0 radical (unpaired) electrons. The van der Waals surface area contributed by atoms with Gasteiger partial charge < -0.3 is 4.90 Å². The number of hydrogen-bond donors (Lipinski definition) is 0. The van der Waals surface area contributed by atoms with E-state index in [9.17, 15) is 0 Å². The second-order valence-electron chi connectivity index (χ2n) is 4.65. The zero-order valence-electron chi connectivity index (χ0n) is 13.7. The molecule has 23 heavy (non-hydrogen) atoms. The van der Waals surface area contributed by atoms with Gasteiger partial charge in [-0.3, -0.25) is 0 Å². The van der Waals surface area contributed by atoms with Gasteiger partial charge in [0.25, 0.3) is 0 Å². The van der Waals surface area contributed by atoms with Crippen LogP contribution < -0.4 is 4.90 Å². The van der Waals surface area contributed by atoms with E-state index in [1.165, 1.54) is 0 Å². The van der Waals surface area contributed by atoms with E-state index in [0.29, 0.717) is 5.56 Å². The summed E-state index contributed by atoms with van der Waals surface area (Å²) in [6.07, 6.45) is 15.4. The molecule has 0 saturated carbocycles. The number of benzene rings is 1. The van der Waals surface area contributed by atoms with Crippen molar-refractivity contribution in [1.29, 1.82) is 5.26 Å². The van der Waals surface area contributed by atoms with Gasteiger partial charge in [-0.1, -0.05) is 37.5 Å². The second-order valence-corrected chi connectivity index (χ2v) is 4.65. The van der Waals surface area contributed by atoms with Crippen molar-refractivity contribution in [1.82, 2.24) is 0 Å². The third-order valence-electron chi connectivity index (χ3n) is 3.02. The molecule has 0 spiro atoms. The van der Waals surface area contributed by atoms with Gasteiger partial charge in [0, 0.05) is 17.1 Å². The lowest BCUT2D eigenvalue weighted by molar-refractivity contribution is 1.14. The van der Waals surface area contributed by atoms with Crippen molar-refractivity contribution in [2.45, 2.75) is 13.8 Å². The molecule has 0 aromatic heterocycles. The Morgan fingerprint density at radius 3 is 1.78 bits per heavy atom. The molecular formula is C21H22N2. The van der Waals surface area contributed by atoms with Crippen LogP contribution in [0.3, 0.4) is 0 Å². The summed E-state index contributed by atoms with van der Waals surface area (Å²) in [4.78, 5) is 2.09. The molecule has 0 aliphatic rings. The van der Waals surface area contributed by atoms with E-state index in [0.717, 1.165) is 17.1 Å².